The molecular weight excluding hydrogens is 174 g/mol. The van der Waals surface area contributed by atoms with E-state index in [2.05, 4.69) is 0 Å². The molecule has 2 nitrogen and oxygen atoms in total. The van der Waals surface area contributed by atoms with Crippen LogP contribution in [0, 0.1) is 5.92 Å². The lowest BCUT2D eigenvalue weighted by atomic mass is 9.91. The van der Waals surface area contributed by atoms with Crippen LogP contribution in [0.5, 0.6) is 0 Å². The summed E-state index contributed by atoms with van der Waals surface area (Å²) in [6, 6.07) is 0.0887. The molecule has 0 heterocycles. The standard InChI is InChI=1S/C12H23NO/c1-2-11(13)9-12(14)10-7-5-3-4-6-8-10/h10-11H,2-9,13H2,1H3. The van der Waals surface area contributed by atoms with Crippen molar-refractivity contribution in [3.63, 3.8) is 0 Å². The van der Waals surface area contributed by atoms with Crippen molar-refractivity contribution in [3.8, 4) is 0 Å². The van der Waals surface area contributed by atoms with Gasteiger partial charge in [-0.15, -0.1) is 0 Å². The highest BCUT2D eigenvalue weighted by Gasteiger charge is 2.20. The van der Waals surface area contributed by atoms with E-state index >= 15 is 0 Å². The summed E-state index contributed by atoms with van der Waals surface area (Å²) in [5.74, 6) is 0.747. The number of ketones is 1. The Hall–Kier alpha value is -0.370. The third-order valence-corrected chi connectivity index (χ3v) is 3.30. The van der Waals surface area contributed by atoms with Gasteiger partial charge in [0.2, 0.25) is 0 Å². The van der Waals surface area contributed by atoms with E-state index in [0.717, 1.165) is 19.3 Å². The van der Waals surface area contributed by atoms with Gasteiger partial charge in [0.05, 0.1) is 0 Å². The number of hydrogen-bond donors (Lipinski definition) is 1. The van der Waals surface area contributed by atoms with Crippen molar-refractivity contribution >= 4 is 5.78 Å². The molecule has 0 spiro atoms. The summed E-state index contributed by atoms with van der Waals surface area (Å²) in [7, 11) is 0. The second kappa shape index (κ2) is 6.18. The number of nitrogens with two attached hydrogens (primary N) is 1. The molecule has 0 aromatic carbocycles. The van der Waals surface area contributed by atoms with Gasteiger partial charge in [0, 0.05) is 18.4 Å². The average molecular weight is 197 g/mol. The summed E-state index contributed by atoms with van der Waals surface area (Å²) in [6.07, 6.45) is 8.81. The van der Waals surface area contributed by atoms with Gasteiger partial charge in [0.15, 0.2) is 0 Å². The molecule has 1 aliphatic rings. The smallest absolute Gasteiger partial charge is 0.137 e. The van der Waals surface area contributed by atoms with Crippen LogP contribution in [0.3, 0.4) is 0 Å². The largest absolute Gasteiger partial charge is 0.327 e. The molecule has 0 aromatic rings. The molecule has 1 rings (SSSR count). The van der Waals surface area contributed by atoms with Crippen LogP contribution in [0.25, 0.3) is 0 Å². The van der Waals surface area contributed by atoms with Crippen molar-refractivity contribution in [3.05, 3.63) is 0 Å². The van der Waals surface area contributed by atoms with E-state index in [1.807, 2.05) is 6.92 Å². The molecule has 1 aliphatic carbocycles. The fourth-order valence-corrected chi connectivity index (χ4v) is 2.17. The zero-order valence-corrected chi connectivity index (χ0v) is 9.30. The lowest BCUT2D eigenvalue weighted by Crippen LogP contribution is -2.26. The second-order valence-electron chi connectivity index (χ2n) is 4.53. The van der Waals surface area contributed by atoms with Crippen molar-refractivity contribution in [2.75, 3.05) is 0 Å². The molecule has 0 saturated heterocycles. The SMILES string of the molecule is CCC(N)CC(=O)C1CCCCCC1. The van der Waals surface area contributed by atoms with Gasteiger partial charge >= 0.3 is 0 Å². The fourth-order valence-electron chi connectivity index (χ4n) is 2.17. The van der Waals surface area contributed by atoms with Crippen LogP contribution in [-0.4, -0.2) is 11.8 Å². The van der Waals surface area contributed by atoms with Crippen LogP contribution in [0.4, 0.5) is 0 Å². The molecule has 1 saturated carbocycles. The van der Waals surface area contributed by atoms with Crippen molar-refractivity contribution in [1.82, 2.24) is 0 Å². The molecule has 0 radical (unpaired) electrons. The summed E-state index contributed by atoms with van der Waals surface area (Å²) < 4.78 is 0. The van der Waals surface area contributed by atoms with E-state index in [1.165, 1.54) is 25.7 Å². The maximum atomic E-state index is 11.8. The summed E-state index contributed by atoms with van der Waals surface area (Å²) in [5.41, 5.74) is 5.80. The van der Waals surface area contributed by atoms with Crippen LogP contribution >= 0.6 is 0 Å². The zero-order valence-electron chi connectivity index (χ0n) is 9.30. The number of hydrogen-bond acceptors (Lipinski definition) is 2. The van der Waals surface area contributed by atoms with E-state index in [1.54, 1.807) is 0 Å². The Labute approximate surface area is 87.2 Å². The predicted molar refractivity (Wildman–Crippen MR) is 59.1 cm³/mol. The highest BCUT2D eigenvalue weighted by atomic mass is 16.1. The first kappa shape index (κ1) is 11.7. The lowest BCUT2D eigenvalue weighted by molar-refractivity contribution is -0.123. The average Bonchev–Trinajstić information content (AvgIpc) is 2.45. The van der Waals surface area contributed by atoms with Crippen molar-refractivity contribution in [1.29, 1.82) is 0 Å². The van der Waals surface area contributed by atoms with E-state index in [-0.39, 0.29) is 6.04 Å². The van der Waals surface area contributed by atoms with Crippen LogP contribution in [0.2, 0.25) is 0 Å². The van der Waals surface area contributed by atoms with E-state index < -0.39 is 0 Å². The number of rotatable bonds is 4. The molecule has 2 heteroatoms. The highest BCUT2D eigenvalue weighted by Crippen LogP contribution is 2.24. The molecule has 82 valence electrons. The van der Waals surface area contributed by atoms with Gasteiger partial charge in [-0.3, -0.25) is 4.79 Å². The van der Waals surface area contributed by atoms with Gasteiger partial charge in [-0.2, -0.15) is 0 Å². The number of carbonyl (C=O) groups excluding carboxylic acids is 1. The minimum Gasteiger partial charge on any atom is -0.327 e. The maximum Gasteiger partial charge on any atom is 0.137 e. The topological polar surface area (TPSA) is 43.1 Å². The number of carbonyl (C=O) groups is 1. The Morgan fingerprint density at radius 3 is 2.36 bits per heavy atom. The lowest BCUT2D eigenvalue weighted by Gasteiger charge is -2.15. The first-order valence-electron chi connectivity index (χ1n) is 6.02. The molecule has 1 fully saturated rings. The molecular formula is C12H23NO. The van der Waals surface area contributed by atoms with E-state index in [4.69, 9.17) is 5.73 Å². The van der Waals surface area contributed by atoms with E-state index in [0.29, 0.717) is 18.1 Å². The quantitative estimate of drug-likeness (QED) is 0.704. The first-order valence-corrected chi connectivity index (χ1v) is 6.02. The van der Waals surface area contributed by atoms with Crippen molar-refractivity contribution in [2.24, 2.45) is 11.7 Å². The molecule has 0 aromatic heterocycles. The molecule has 0 amide bonds. The van der Waals surface area contributed by atoms with Gasteiger partial charge in [-0.25, -0.2) is 0 Å². The Morgan fingerprint density at radius 2 is 1.86 bits per heavy atom. The third-order valence-electron chi connectivity index (χ3n) is 3.30. The summed E-state index contributed by atoms with van der Waals surface area (Å²) >= 11 is 0. The second-order valence-corrected chi connectivity index (χ2v) is 4.53. The molecule has 0 bridgehead atoms. The van der Waals surface area contributed by atoms with E-state index in [9.17, 15) is 4.79 Å². The monoisotopic (exact) mass is 197 g/mol. The zero-order chi connectivity index (χ0) is 10.4. The molecule has 1 unspecified atom stereocenters. The third kappa shape index (κ3) is 3.79. The highest BCUT2D eigenvalue weighted by molar-refractivity contribution is 5.81. The van der Waals surface area contributed by atoms with Crippen molar-refractivity contribution in [2.45, 2.75) is 64.3 Å². The van der Waals surface area contributed by atoms with Gasteiger partial charge in [0.1, 0.15) is 5.78 Å². The minimum atomic E-state index is 0.0887. The Morgan fingerprint density at radius 1 is 1.29 bits per heavy atom. The first-order chi connectivity index (χ1) is 6.74. The molecule has 14 heavy (non-hydrogen) atoms. The minimum absolute atomic E-state index is 0.0887. The number of Topliss-reactive ketones (excluding diaryl/α,β-unsaturated/α-hetero) is 1. The van der Waals surface area contributed by atoms with Gasteiger partial charge in [-0.1, -0.05) is 32.6 Å². The molecule has 2 N–H and O–H groups in total. The summed E-state index contributed by atoms with van der Waals surface area (Å²) in [6.45, 7) is 2.05. The summed E-state index contributed by atoms with van der Waals surface area (Å²) in [5, 5.41) is 0. The van der Waals surface area contributed by atoms with Crippen LogP contribution in [0.1, 0.15) is 58.3 Å². The van der Waals surface area contributed by atoms with Crippen LogP contribution < -0.4 is 5.73 Å². The fraction of sp³-hybridized carbons (Fsp3) is 0.917. The van der Waals surface area contributed by atoms with Gasteiger partial charge in [0.25, 0.3) is 0 Å². The Bertz CT molecular complexity index is 171. The Balaban J connectivity index is 2.34. The maximum absolute atomic E-state index is 11.8. The van der Waals surface area contributed by atoms with Crippen LogP contribution in [0.15, 0.2) is 0 Å². The molecule has 0 aliphatic heterocycles. The summed E-state index contributed by atoms with van der Waals surface area (Å²) in [4.78, 5) is 11.8. The van der Waals surface area contributed by atoms with Crippen molar-refractivity contribution < 1.29 is 4.79 Å². The van der Waals surface area contributed by atoms with Crippen LogP contribution in [-0.2, 0) is 4.79 Å². The van der Waals surface area contributed by atoms with Gasteiger partial charge in [-0.05, 0) is 19.3 Å². The van der Waals surface area contributed by atoms with Gasteiger partial charge < -0.3 is 5.73 Å². The predicted octanol–water partition coefficient (Wildman–Crippen LogP) is 2.65. The normalized spacial score (nSPS) is 21.6. The molecule has 1 atom stereocenters. The Kier molecular flexibility index (Phi) is 5.16.